The van der Waals surface area contributed by atoms with Crippen molar-refractivity contribution < 1.29 is 5.11 Å². The normalized spacial score (nSPS) is 12.1. The Balaban J connectivity index is 2.31. The van der Waals surface area contributed by atoms with Crippen LogP contribution in [0.15, 0.2) is 24.3 Å². The first-order valence-corrected chi connectivity index (χ1v) is 6.46. The molecular formula is C15H21NO. The van der Waals surface area contributed by atoms with Crippen molar-refractivity contribution in [3.63, 3.8) is 0 Å². The van der Waals surface area contributed by atoms with Crippen molar-refractivity contribution in [3.8, 4) is 6.07 Å². The van der Waals surface area contributed by atoms with E-state index in [9.17, 15) is 5.11 Å². The molecule has 2 heteroatoms. The van der Waals surface area contributed by atoms with Gasteiger partial charge in [0.1, 0.15) is 0 Å². The fourth-order valence-corrected chi connectivity index (χ4v) is 1.89. The molecule has 1 unspecified atom stereocenters. The zero-order chi connectivity index (χ0) is 12.5. The van der Waals surface area contributed by atoms with Crippen LogP contribution >= 0.6 is 0 Å². The third-order valence-electron chi connectivity index (χ3n) is 3.01. The van der Waals surface area contributed by atoms with Crippen LogP contribution in [-0.4, -0.2) is 5.11 Å². The second-order valence-electron chi connectivity index (χ2n) is 4.45. The van der Waals surface area contributed by atoms with Gasteiger partial charge in [-0.2, -0.15) is 5.26 Å². The highest BCUT2D eigenvalue weighted by atomic mass is 16.3. The molecule has 0 aliphatic carbocycles. The summed E-state index contributed by atoms with van der Waals surface area (Å²) in [7, 11) is 0. The van der Waals surface area contributed by atoms with Crippen LogP contribution in [0.5, 0.6) is 0 Å². The Kier molecular flexibility index (Phi) is 6.35. The van der Waals surface area contributed by atoms with Gasteiger partial charge in [-0.05, 0) is 24.1 Å². The molecule has 1 atom stereocenters. The van der Waals surface area contributed by atoms with Crippen molar-refractivity contribution in [1.29, 1.82) is 5.26 Å². The number of unbranched alkanes of at least 4 members (excludes halogenated alkanes) is 4. The minimum Gasteiger partial charge on any atom is -0.388 e. The van der Waals surface area contributed by atoms with Crippen LogP contribution in [0.2, 0.25) is 0 Å². The molecule has 0 spiro atoms. The second kappa shape index (κ2) is 7.86. The van der Waals surface area contributed by atoms with Gasteiger partial charge in [-0.1, -0.05) is 51.2 Å². The summed E-state index contributed by atoms with van der Waals surface area (Å²) in [6.07, 6.45) is 6.49. The Morgan fingerprint density at radius 2 is 1.76 bits per heavy atom. The zero-order valence-corrected chi connectivity index (χ0v) is 10.5. The van der Waals surface area contributed by atoms with E-state index >= 15 is 0 Å². The van der Waals surface area contributed by atoms with Gasteiger partial charge in [0.05, 0.1) is 17.7 Å². The molecule has 1 rings (SSSR count). The monoisotopic (exact) mass is 231 g/mol. The van der Waals surface area contributed by atoms with Gasteiger partial charge in [-0.3, -0.25) is 0 Å². The molecule has 1 N–H and O–H groups in total. The quantitative estimate of drug-likeness (QED) is 0.722. The van der Waals surface area contributed by atoms with E-state index in [0.717, 1.165) is 18.4 Å². The number of aliphatic hydroxyl groups is 1. The topological polar surface area (TPSA) is 44.0 Å². The number of aliphatic hydroxyl groups excluding tert-OH is 1. The molecular weight excluding hydrogens is 210 g/mol. The average molecular weight is 231 g/mol. The SMILES string of the molecule is CCCCCCCC(O)c1ccc(C#N)cc1. The third-order valence-corrected chi connectivity index (χ3v) is 3.01. The van der Waals surface area contributed by atoms with Crippen LogP contribution in [0.25, 0.3) is 0 Å². The summed E-state index contributed by atoms with van der Waals surface area (Å²) >= 11 is 0. The molecule has 0 aromatic heterocycles. The highest BCUT2D eigenvalue weighted by Crippen LogP contribution is 2.20. The molecule has 0 saturated carbocycles. The standard InChI is InChI=1S/C15H21NO/c1-2-3-4-5-6-7-15(17)14-10-8-13(12-16)9-11-14/h8-11,15,17H,2-7H2,1H3. The smallest absolute Gasteiger partial charge is 0.0991 e. The van der Waals surface area contributed by atoms with Gasteiger partial charge in [-0.15, -0.1) is 0 Å². The number of nitriles is 1. The maximum atomic E-state index is 9.96. The third kappa shape index (κ3) is 5.01. The zero-order valence-electron chi connectivity index (χ0n) is 10.5. The van der Waals surface area contributed by atoms with Crippen molar-refractivity contribution in [2.75, 3.05) is 0 Å². The van der Waals surface area contributed by atoms with Gasteiger partial charge in [-0.25, -0.2) is 0 Å². The number of hydrogen-bond acceptors (Lipinski definition) is 2. The lowest BCUT2D eigenvalue weighted by molar-refractivity contribution is 0.163. The lowest BCUT2D eigenvalue weighted by Gasteiger charge is -2.10. The van der Waals surface area contributed by atoms with Gasteiger partial charge in [0, 0.05) is 0 Å². The summed E-state index contributed by atoms with van der Waals surface area (Å²) < 4.78 is 0. The van der Waals surface area contributed by atoms with Gasteiger partial charge < -0.3 is 5.11 Å². The second-order valence-corrected chi connectivity index (χ2v) is 4.45. The van der Waals surface area contributed by atoms with Crippen molar-refractivity contribution >= 4 is 0 Å². The number of hydrogen-bond donors (Lipinski definition) is 1. The Morgan fingerprint density at radius 3 is 2.35 bits per heavy atom. The molecule has 1 aromatic rings. The molecule has 0 saturated heterocycles. The first kappa shape index (κ1) is 13.7. The number of rotatable bonds is 7. The van der Waals surface area contributed by atoms with E-state index < -0.39 is 0 Å². The molecule has 0 aliphatic rings. The summed E-state index contributed by atoms with van der Waals surface area (Å²) in [4.78, 5) is 0. The lowest BCUT2D eigenvalue weighted by atomic mass is 10.0. The maximum Gasteiger partial charge on any atom is 0.0991 e. The largest absolute Gasteiger partial charge is 0.388 e. The molecule has 0 heterocycles. The van der Waals surface area contributed by atoms with Crippen molar-refractivity contribution in [3.05, 3.63) is 35.4 Å². The Bertz CT molecular complexity index is 350. The molecule has 0 radical (unpaired) electrons. The van der Waals surface area contributed by atoms with Crippen LogP contribution in [-0.2, 0) is 0 Å². The summed E-state index contributed by atoms with van der Waals surface area (Å²) in [6, 6.07) is 9.28. The summed E-state index contributed by atoms with van der Waals surface area (Å²) in [5.74, 6) is 0. The molecule has 0 amide bonds. The highest BCUT2D eigenvalue weighted by molar-refractivity contribution is 5.32. The van der Waals surface area contributed by atoms with Crippen LogP contribution in [0.1, 0.15) is 62.7 Å². The molecule has 17 heavy (non-hydrogen) atoms. The minimum atomic E-state index is -0.385. The number of nitrogens with zero attached hydrogens (tertiary/aromatic N) is 1. The first-order valence-electron chi connectivity index (χ1n) is 6.46. The van der Waals surface area contributed by atoms with Gasteiger partial charge >= 0.3 is 0 Å². The van der Waals surface area contributed by atoms with Gasteiger partial charge in [0.15, 0.2) is 0 Å². The first-order chi connectivity index (χ1) is 8.27. The van der Waals surface area contributed by atoms with E-state index in [1.807, 2.05) is 12.1 Å². The Labute approximate surface area is 104 Å². The average Bonchev–Trinajstić information content (AvgIpc) is 2.38. The summed E-state index contributed by atoms with van der Waals surface area (Å²) in [5.41, 5.74) is 1.56. The minimum absolute atomic E-state index is 0.385. The van der Waals surface area contributed by atoms with E-state index in [4.69, 9.17) is 5.26 Å². The highest BCUT2D eigenvalue weighted by Gasteiger charge is 2.06. The molecule has 2 nitrogen and oxygen atoms in total. The Hall–Kier alpha value is -1.33. The predicted octanol–water partition coefficient (Wildman–Crippen LogP) is 3.95. The molecule has 0 bridgehead atoms. The number of benzene rings is 1. The van der Waals surface area contributed by atoms with Crippen LogP contribution < -0.4 is 0 Å². The van der Waals surface area contributed by atoms with Crippen LogP contribution in [0.3, 0.4) is 0 Å². The van der Waals surface area contributed by atoms with E-state index in [2.05, 4.69) is 13.0 Å². The van der Waals surface area contributed by atoms with Crippen LogP contribution in [0, 0.1) is 11.3 Å². The molecule has 0 aliphatic heterocycles. The van der Waals surface area contributed by atoms with E-state index in [0.29, 0.717) is 5.56 Å². The van der Waals surface area contributed by atoms with Crippen molar-refractivity contribution in [1.82, 2.24) is 0 Å². The van der Waals surface area contributed by atoms with E-state index in [1.165, 1.54) is 25.7 Å². The van der Waals surface area contributed by atoms with Crippen molar-refractivity contribution in [2.45, 2.75) is 51.6 Å². The van der Waals surface area contributed by atoms with Crippen LogP contribution in [0.4, 0.5) is 0 Å². The maximum absolute atomic E-state index is 9.96. The fourth-order valence-electron chi connectivity index (χ4n) is 1.89. The van der Waals surface area contributed by atoms with Gasteiger partial charge in [0.25, 0.3) is 0 Å². The Morgan fingerprint density at radius 1 is 1.12 bits per heavy atom. The summed E-state index contributed by atoms with van der Waals surface area (Å²) in [5, 5.41) is 18.6. The fraction of sp³-hybridized carbons (Fsp3) is 0.533. The summed E-state index contributed by atoms with van der Waals surface area (Å²) in [6.45, 7) is 2.20. The lowest BCUT2D eigenvalue weighted by Crippen LogP contribution is -1.97. The predicted molar refractivity (Wildman–Crippen MR) is 69.5 cm³/mol. The molecule has 1 aromatic carbocycles. The van der Waals surface area contributed by atoms with E-state index in [1.54, 1.807) is 12.1 Å². The van der Waals surface area contributed by atoms with Crippen molar-refractivity contribution in [2.24, 2.45) is 0 Å². The van der Waals surface area contributed by atoms with Gasteiger partial charge in [0.2, 0.25) is 0 Å². The molecule has 0 fully saturated rings. The van der Waals surface area contributed by atoms with E-state index in [-0.39, 0.29) is 6.10 Å². The molecule has 92 valence electrons.